The molecule has 0 atom stereocenters. The Morgan fingerprint density at radius 2 is 1.82 bits per heavy atom. The summed E-state index contributed by atoms with van der Waals surface area (Å²) in [6.45, 7) is 2.45. The number of nitrogens with zero attached hydrogens (tertiary/aromatic N) is 3. The summed E-state index contributed by atoms with van der Waals surface area (Å²) in [5.74, 6) is 1.58. The Morgan fingerprint density at radius 1 is 1.00 bits per heavy atom. The van der Waals surface area contributed by atoms with Crippen LogP contribution in [0.25, 0.3) is 11.4 Å². The Morgan fingerprint density at radius 3 is 2.58 bits per heavy atom. The Labute approximate surface area is 193 Å². The molecule has 33 heavy (non-hydrogen) atoms. The lowest BCUT2D eigenvalue weighted by Crippen LogP contribution is -2.43. The maximum Gasteiger partial charge on any atom is 0.274 e. The smallest absolute Gasteiger partial charge is 0.274 e. The van der Waals surface area contributed by atoms with E-state index < -0.39 is 0 Å². The molecule has 1 N–H and O–H groups in total. The average molecular weight is 447 g/mol. The molecular weight excluding hydrogens is 416 g/mol. The van der Waals surface area contributed by atoms with Crippen LogP contribution in [0.2, 0.25) is 0 Å². The topological polar surface area (TPSA) is 80.4 Å². The van der Waals surface area contributed by atoms with Crippen LogP contribution in [0.1, 0.15) is 54.0 Å². The summed E-state index contributed by atoms with van der Waals surface area (Å²) >= 11 is 0. The minimum absolute atomic E-state index is 0.00252. The lowest BCUT2D eigenvalue weighted by Gasteiger charge is -2.31. The van der Waals surface area contributed by atoms with E-state index in [1.165, 1.54) is 6.42 Å². The monoisotopic (exact) mass is 446 g/mol. The molecule has 0 unspecified atom stereocenters. The zero-order valence-electron chi connectivity index (χ0n) is 18.8. The van der Waals surface area contributed by atoms with E-state index in [9.17, 15) is 9.59 Å². The Balaban J connectivity index is 1.28. The maximum absolute atomic E-state index is 13.5. The highest BCUT2D eigenvalue weighted by Crippen LogP contribution is 2.29. The molecule has 1 fully saturated rings. The lowest BCUT2D eigenvalue weighted by molar-refractivity contribution is -0.126. The number of aromatic nitrogens is 2. The average Bonchev–Trinajstić information content (AvgIpc) is 3.44. The van der Waals surface area contributed by atoms with Gasteiger partial charge in [0.1, 0.15) is 17.3 Å². The summed E-state index contributed by atoms with van der Waals surface area (Å²) in [7, 11) is 0. The fourth-order valence-corrected chi connectivity index (χ4v) is 4.92. The van der Waals surface area contributed by atoms with Crippen molar-refractivity contribution in [3.8, 4) is 11.4 Å². The third-order valence-electron chi connectivity index (χ3n) is 6.77. The Kier molecular flexibility index (Phi) is 6.28. The molecule has 4 heterocycles. The summed E-state index contributed by atoms with van der Waals surface area (Å²) in [6.07, 6.45) is 7.17. The van der Waals surface area contributed by atoms with Crippen LogP contribution in [0.4, 0.5) is 0 Å². The first-order chi connectivity index (χ1) is 16.2. The van der Waals surface area contributed by atoms with Crippen molar-refractivity contribution < 1.29 is 14.0 Å². The third kappa shape index (κ3) is 4.58. The summed E-state index contributed by atoms with van der Waals surface area (Å²) in [4.78, 5) is 32.8. The number of likely N-dealkylation sites (tertiary alicyclic amines) is 1. The maximum atomic E-state index is 13.5. The van der Waals surface area contributed by atoms with Crippen LogP contribution in [0.15, 0.2) is 53.1 Å². The fraction of sp³-hybridized carbons (Fsp3) is 0.423. The highest BCUT2D eigenvalue weighted by molar-refractivity contribution is 5.94. The van der Waals surface area contributed by atoms with E-state index in [0.29, 0.717) is 38.2 Å². The molecule has 0 aliphatic carbocycles. The molecule has 172 valence electrons. The third-order valence-corrected chi connectivity index (χ3v) is 6.77. The molecule has 3 aromatic rings. The van der Waals surface area contributed by atoms with Gasteiger partial charge in [-0.25, -0.2) is 4.98 Å². The molecule has 0 bridgehead atoms. The van der Waals surface area contributed by atoms with E-state index in [1.54, 1.807) is 6.26 Å². The number of imidazole rings is 1. The van der Waals surface area contributed by atoms with Crippen molar-refractivity contribution >= 4 is 11.8 Å². The summed E-state index contributed by atoms with van der Waals surface area (Å²) in [6, 6.07) is 13.8. The molecular formula is C26H30N4O3. The van der Waals surface area contributed by atoms with Gasteiger partial charge in [0.25, 0.3) is 5.91 Å². The number of piperidine rings is 1. The van der Waals surface area contributed by atoms with Gasteiger partial charge in [0.15, 0.2) is 0 Å². The van der Waals surface area contributed by atoms with Gasteiger partial charge in [-0.2, -0.15) is 0 Å². The minimum Gasteiger partial charge on any atom is -0.467 e. The van der Waals surface area contributed by atoms with Gasteiger partial charge in [-0.15, -0.1) is 0 Å². The number of amides is 2. The number of rotatable bonds is 5. The molecule has 2 aliphatic rings. The highest BCUT2D eigenvalue weighted by atomic mass is 16.3. The molecule has 7 nitrogen and oxygen atoms in total. The second-order valence-electron chi connectivity index (χ2n) is 8.92. The van der Waals surface area contributed by atoms with E-state index in [0.717, 1.165) is 48.6 Å². The van der Waals surface area contributed by atoms with E-state index in [-0.39, 0.29) is 17.7 Å². The molecule has 0 spiro atoms. The van der Waals surface area contributed by atoms with Crippen LogP contribution < -0.4 is 5.32 Å². The highest BCUT2D eigenvalue weighted by Gasteiger charge is 2.31. The van der Waals surface area contributed by atoms with Gasteiger partial charge in [-0.05, 0) is 44.2 Å². The van der Waals surface area contributed by atoms with Gasteiger partial charge in [0, 0.05) is 31.1 Å². The van der Waals surface area contributed by atoms with Crippen molar-refractivity contribution in [1.82, 2.24) is 19.8 Å². The van der Waals surface area contributed by atoms with Crippen molar-refractivity contribution in [3.05, 3.63) is 65.9 Å². The molecule has 2 amide bonds. The van der Waals surface area contributed by atoms with Crippen molar-refractivity contribution in [1.29, 1.82) is 0 Å². The van der Waals surface area contributed by atoms with E-state index >= 15 is 0 Å². The van der Waals surface area contributed by atoms with E-state index in [2.05, 4.69) is 22.0 Å². The van der Waals surface area contributed by atoms with Crippen molar-refractivity contribution in [3.63, 3.8) is 0 Å². The molecule has 2 aromatic heterocycles. The molecule has 7 heteroatoms. The fourth-order valence-electron chi connectivity index (χ4n) is 4.92. The zero-order valence-corrected chi connectivity index (χ0v) is 18.8. The second kappa shape index (κ2) is 9.65. The van der Waals surface area contributed by atoms with Crippen LogP contribution >= 0.6 is 0 Å². The van der Waals surface area contributed by atoms with Gasteiger partial charge in [-0.3, -0.25) is 9.59 Å². The standard InChI is InChI=1S/C26H30N4O3/c31-25(27-18-21-10-7-17-33-21)20-12-15-29(16-13-20)26(32)23-22-11-5-2-6-14-30(22)24(28-23)19-8-3-1-4-9-19/h1,3-4,7-10,17,20H,2,5-6,11-16,18H2,(H,27,31). The van der Waals surface area contributed by atoms with Crippen LogP contribution in [-0.4, -0.2) is 39.4 Å². The summed E-state index contributed by atoms with van der Waals surface area (Å²) in [5, 5.41) is 2.95. The number of carbonyl (C=O) groups excluding carboxylic acids is 2. The van der Waals surface area contributed by atoms with Crippen LogP contribution in [-0.2, 0) is 24.3 Å². The Hall–Kier alpha value is -3.35. The number of hydrogen-bond donors (Lipinski definition) is 1. The van der Waals surface area contributed by atoms with E-state index in [4.69, 9.17) is 9.40 Å². The number of fused-ring (bicyclic) bond motifs is 1. The second-order valence-corrected chi connectivity index (χ2v) is 8.92. The zero-order chi connectivity index (χ0) is 22.6. The first-order valence-electron chi connectivity index (χ1n) is 11.9. The van der Waals surface area contributed by atoms with Gasteiger partial charge in [0.2, 0.25) is 5.91 Å². The largest absolute Gasteiger partial charge is 0.467 e. The summed E-state index contributed by atoms with van der Waals surface area (Å²) in [5.41, 5.74) is 2.71. The number of furan rings is 1. The molecule has 0 saturated carbocycles. The summed E-state index contributed by atoms with van der Waals surface area (Å²) < 4.78 is 7.53. The predicted molar refractivity (Wildman–Crippen MR) is 124 cm³/mol. The predicted octanol–water partition coefficient (Wildman–Crippen LogP) is 4.04. The number of benzene rings is 1. The molecule has 1 aromatic carbocycles. The van der Waals surface area contributed by atoms with Crippen LogP contribution in [0, 0.1) is 5.92 Å². The minimum atomic E-state index is -0.0806. The first kappa shape index (κ1) is 21.5. The van der Waals surface area contributed by atoms with Gasteiger partial charge in [-0.1, -0.05) is 36.8 Å². The van der Waals surface area contributed by atoms with Crippen LogP contribution in [0.3, 0.4) is 0 Å². The quantitative estimate of drug-likeness (QED) is 0.642. The molecule has 1 saturated heterocycles. The van der Waals surface area contributed by atoms with Crippen molar-refractivity contribution in [2.75, 3.05) is 13.1 Å². The van der Waals surface area contributed by atoms with Gasteiger partial charge in [0.05, 0.1) is 18.5 Å². The molecule has 5 rings (SSSR count). The van der Waals surface area contributed by atoms with Crippen LogP contribution in [0.5, 0.6) is 0 Å². The SMILES string of the molecule is O=C(NCc1ccco1)C1CCN(C(=O)c2nc(-c3ccccc3)n3c2CCCCC3)CC1. The van der Waals surface area contributed by atoms with Crippen molar-refractivity contribution in [2.45, 2.75) is 51.6 Å². The van der Waals surface area contributed by atoms with Gasteiger partial charge >= 0.3 is 0 Å². The lowest BCUT2D eigenvalue weighted by atomic mass is 9.95. The Bertz CT molecular complexity index is 1100. The normalized spacial score (nSPS) is 16.8. The molecule has 2 aliphatic heterocycles. The molecule has 0 radical (unpaired) electrons. The number of nitrogens with one attached hydrogen (secondary N) is 1. The number of hydrogen-bond acceptors (Lipinski definition) is 4. The number of carbonyl (C=O) groups is 2. The van der Waals surface area contributed by atoms with Crippen molar-refractivity contribution in [2.24, 2.45) is 5.92 Å². The van der Waals surface area contributed by atoms with E-state index in [1.807, 2.05) is 35.2 Å². The van der Waals surface area contributed by atoms with Gasteiger partial charge < -0.3 is 19.2 Å². The first-order valence-corrected chi connectivity index (χ1v) is 11.9.